The van der Waals surface area contributed by atoms with Crippen molar-refractivity contribution in [1.29, 1.82) is 0 Å². The van der Waals surface area contributed by atoms with Gasteiger partial charge in [0.25, 0.3) is 11.5 Å². The van der Waals surface area contributed by atoms with Crippen molar-refractivity contribution in [2.75, 3.05) is 36.5 Å². The Labute approximate surface area is 158 Å². The highest BCUT2D eigenvalue weighted by Gasteiger charge is 2.15. The molecular weight excluding hydrogens is 366 g/mol. The van der Waals surface area contributed by atoms with E-state index in [1.165, 1.54) is 12.1 Å². The van der Waals surface area contributed by atoms with Crippen LogP contribution in [0, 0.1) is 0 Å². The summed E-state index contributed by atoms with van der Waals surface area (Å²) in [5.74, 6) is -0.387. The molecule has 8 nitrogen and oxygen atoms in total. The van der Waals surface area contributed by atoms with Gasteiger partial charge in [-0.3, -0.25) is 9.59 Å². The van der Waals surface area contributed by atoms with Crippen molar-refractivity contribution in [3.05, 3.63) is 57.8 Å². The molecule has 0 bridgehead atoms. The predicted octanol–water partition coefficient (Wildman–Crippen LogP) is 1.98. The summed E-state index contributed by atoms with van der Waals surface area (Å²) in [6, 6.07) is 10.1. The number of morpholine rings is 1. The lowest BCUT2D eigenvalue weighted by Crippen LogP contribution is -2.36. The van der Waals surface area contributed by atoms with Crippen molar-refractivity contribution in [1.82, 2.24) is 15.2 Å². The Kier molecular flexibility index (Phi) is 4.95. The number of nitrogens with one attached hydrogen (secondary N) is 2. The lowest BCUT2D eigenvalue weighted by molar-refractivity contribution is 0.102. The third-order valence-corrected chi connectivity index (χ3v) is 5.03. The normalized spacial score (nSPS) is 14.1. The van der Waals surface area contributed by atoms with Crippen molar-refractivity contribution in [2.24, 2.45) is 0 Å². The number of anilines is 2. The first-order valence-corrected chi connectivity index (χ1v) is 9.33. The van der Waals surface area contributed by atoms with Crippen LogP contribution in [-0.4, -0.2) is 47.4 Å². The Balaban J connectivity index is 1.44. The molecule has 138 valence electrons. The molecule has 0 aliphatic carbocycles. The Morgan fingerprint density at radius 3 is 2.63 bits per heavy atom. The van der Waals surface area contributed by atoms with Crippen LogP contribution in [0.15, 0.2) is 46.6 Å². The molecule has 1 saturated heterocycles. The van der Waals surface area contributed by atoms with E-state index in [1.807, 2.05) is 29.6 Å². The number of hydrogen-bond donors (Lipinski definition) is 2. The van der Waals surface area contributed by atoms with Gasteiger partial charge in [-0.25, -0.2) is 10.1 Å². The summed E-state index contributed by atoms with van der Waals surface area (Å²) in [4.78, 5) is 30.1. The Morgan fingerprint density at radius 2 is 1.93 bits per heavy atom. The topological polar surface area (TPSA) is 100 Å². The molecule has 1 aliphatic heterocycles. The van der Waals surface area contributed by atoms with Crippen LogP contribution in [0.5, 0.6) is 0 Å². The largest absolute Gasteiger partial charge is 0.378 e. The fraction of sp³-hybridized carbons (Fsp3) is 0.222. The van der Waals surface area contributed by atoms with Gasteiger partial charge in [0.2, 0.25) is 0 Å². The molecule has 1 fully saturated rings. The van der Waals surface area contributed by atoms with Crippen molar-refractivity contribution in [3.63, 3.8) is 0 Å². The summed E-state index contributed by atoms with van der Waals surface area (Å²) in [7, 11) is 0. The first-order valence-electron chi connectivity index (χ1n) is 8.45. The first-order chi connectivity index (χ1) is 13.2. The lowest BCUT2D eigenvalue weighted by Gasteiger charge is -2.26. The molecule has 27 heavy (non-hydrogen) atoms. The van der Waals surface area contributed by atoms with Gasteiger partial charge in [-0.2, -0.15) is 5.10 Å². The molecule has 4 rings (SSSR count). The lowest BCUT2D eigenvalue weighted by atomic mass is 10.1. The predicted molar refractivity (Wildman–Crippen MR) is 103 cm³/mol. The second-order valence-electron chi connectivity index (χ2n) is 5.95. The van der Waals surface area contributed by atoms with Crippen molar-refractivity contribution in [2.45, 2.75) is 0 Å². The van der Waals surface area contributed by atoms with Crippen molar-refractivity contribution >= 4 is 28.1 Å². The number of nitrogens with zero attached hydrogens (tertiary/aromatic N) is 3. The third kappa shape index (κ3) is 4.04. The van der Waals surface area contributed by atoms with Gasteiger partial charge in [-0.15, -0.1) is 11.3 Å². The number of aromatic nitrogens is 3. The molecule has 0 atom stereocenters. The monoisotopic (exact) mass is 383 g/mol. The minimum Gasteiger partial charge on any atom is -0.378 e. The van der Waals surface area contributed by atoms with Crippen LogP contribution in [0.4, 0.5) is 10.8 Å². The number of H-pyrrole nitrogens is 1. The van der Waals surface area contributed by atoms with Gasteiger partial charge >= 0.3 is 0 Å². The average molecular weight is 383 g/mol. The number of hydrogen-bond acceptors (Lipinski definition) is 7. The zero-order valence-corrected chi connectivity index (χ0v) is 15.2. The van der Waals surface area contributed by atoms with Crippen LogP contribution in [-0.2, 0) is 4.74 Å². The van der Waals surface area contributed by atoms with E-state index < -0.39 is 0 Å². The number of amides is 1. The number of benzene rings is 1. The molecule has 2 aromatic heterocycles. The highest BCUT2D eigenvalue weighted by atomic mass is 32.1. The maximum Gasteiger partial charge on any atom is 0.276 e. The Morgan fingerprint density at radius 1 is 1.15 bits per heavy atom. The van der Waals surface area contributed by atoms with Crippen LogP contribution in [0.1, 0.15) is 10.5 Å². The van der Waals surface area contributed by atoms with E-state index in [0.717, 1.165) is 42.7 Å². The molecule has 9 heteroatoms. The van der Waals surface area contributed by atoms with Crippen LogP contribution in [0.25, 0.3) is 11.3 Å². The summed E-state index contributed by atoms with van der Waals surface area (Å²) >= 11 is 1.62. The summed E-state index contributed by atoms with van der Waals surface area (Å²) in [5.41, 5.74) is 2.32. The number of carbonyl (C=O) groups excluding carboxylic acids is 1. The number of ether oxygens (including phenoxy) is 1. The molecule has 0 saturated carbocycles. The number of aromatic amines is 1. The fourth-order valence-electron chi connectivity index (χ4n) is 2.69. The van der Waals surface area contributed by atoms with Gasteiger partial charge in [-0.1, -0.05) is 12.1 Å². The third-order valence-electron chi connectivity index (χ3n) is 4.12. The van der Waals surface area contributed by atoms with Crippen LogP contribution in [0.3, 0.4) is 0 Å². The molecule has 2 N–H and O–H groups in total. The highest BCUT2D eigenvalue weighted by molar-refractivity contribution is 7.14. The zero-order chi connectivity index (χ0) is 18.6. The van der Waals surface area contributed by atoms with Gasteiger partial charge in [0, 0.05) is 35.8 Å². The minimum absolute atomic E-state index is 0.147. The quantitative estimate of drug-likeness (QED) is 0.715. The van der Waals surface area contributed by atoms with E-state index >= 15 is 0 Å². The first kappa shape index (κ1) is 17.4. The van der Waals surface area contributed by atoms with Crippen molar-refractivity contribution < 1.29 is 9.53 Å². The average Bonchev–Trinajstić information content (AvgIpc) is 3.20. The van der Waals surface area contributed by atoms with Gasteiger partial charge in [-0.05, 0) is 18.2 Å². The second-order valence-corrected chi connectivity index (χ2v) is 6.79. The molecule has 0 radical (unpaired) electrons. The maximum absolute atomic E-state index is 12.1. The fourth-order valence-corrected chi connectivity index (χ4v) is 3.58. The molecule has 3 heterocycles. The van der Waals surface area contributed by atoms with E-state index in [4.69, 9.17) is 9.72 Å². The molecule has 0 spiro atoms. The Hall–Kier alpha value is -3.04. The summed E-state index contributed by atoms with van der Waals surface area (Å²) < 4.78 is 5.37. The van der Waals surface area contributed by atoms with Crippen LogP contribution < -0.4 is 15.8 Å². The molecule has 0 unspecified atom stereocenters. The molecule has 3 aromatic rings. The van der Waals surface area contributed by atoms with Crippen molar-refractivity contribution in [3.8, 4) is 11.3 Å². The SMILES string of the molecule is O=C(Nc1ccc(-c2csc(N3CCOCC3)n2)cc1)c1ccc(=O)[nH]n1. The second kappa shape index (κ2) is 7.68. The Bertz CT molecular complexity index is 972. The van der Waals surface area contributed by atoms with Gasteiger partial charge in [0.15, 0.2) is 5.13 Å². The molecular formula is C18H17N5O3S. The summed E-state index contributed by atoms with van der Waals surface area (Å²) in [5, 5.41) is 11.7. The minimum atomic E-state index is -0.387. The number of thiazole rings is 1. The summed E-state index contributed by atoms with van der Waals surface area (Å²) in [6.45, 7) is 3.17. The van der Waals surface area contributed by atoms with E-state index in [-0.39, 0.29) is 17.2 Å². The number of carbonyl (C=O) groups is 1. The van der Waals surface area contributed by atoms with E-state index in [1.54, 1.807) is 11.3 Å². The molecule has 1 aromatic carbocycles. The highest BCUT2D eigenvalue weighted by Crippen LogP contribution is 2.28. The maximum atomic E-state index is 12.1. The zero-order valence-electron chi connectivity index (χ0n) is 14.3. The molecule has 1 amide bonds. The van der Waals surface area contributed by atoms with Gasteiger partial charge < -0.3 is 15.0 Å². The van der Waals surface area contributed by atoms with Gasteiger partial charge in [0.05, 0.1) is 18.9 Å². The number of rotatable bonds is 4. The van der Waals surface area contributed by atoms with E-state index in [9.17, 15) is 9.59 Å². The summed E-state index contributed by atoms with van der Waals surface area (Å²) in [6.07, 6.45) is 0. The molecule has 1 aliphatic rings. The van der Waals surface area contributed by atoms with Crippen LogP contribution >= 0.6 is 11.3 Å². The van der Waals surface area contributed by atoms with Crippen LogP contribution in [0.2, 0.25) is 0 Å². The smallest absolute Gasteiger partial charge is 0.276 e. The van der Waals surface area contributed by atoms with E-state index in [0.29, 0.717) is 5.69 Å². The van der Waals surface area contributed by atoms with Gasteiger partial charge in [0.1, 0.15) is 5.69 Å². The standard InChI is InChI=1S/C18H17N5O3S/c24-16-6-5-14(21-22-16)17(25)19-13-3-1-12(2-4-13)15-11-27-18(20-15)23-7-9-26-10-8-23/h1-6,11H,7-10H2,(H,19,25)(H,22,24). The van der Waals surface area contributed by atoms with E-state index in [2.05, 4.69) is 20.4 Å².